The molecule has 0 fully saturated rings. The molecule has 0 aliphatic rings. The Bertz CT molecular complexity index is 597. The standard InChI is InChI=1S/C13H12BrNO3S/c1-17-11-3-8(2-10(15)5-11)13(16)18-6-12-4-9(14)7-19-12/h2-5,7H,6,15H2,1H3. The first-order valence-corrected chi connectivity index (χ1v) is 7.10. The van der Waals surface area contributed by atoms with Gasteiger partial charge in [-0.25, -0.2) is 4.79 Å². The van der Waals surface area contributed by atoms with Gasteiger partial charge in [-0.05, 0) is 34.1 Å². The van der Waals surface area contributed by atoms with Gasteiger partial charge in [0.05, 0.1) is 12.7 Å². The summed E-state index contributed by atoms with van der Waals surface area (Å²) in [4.78, 5) is 12.9. The second-order valence-corrected chi connectivity index (χ2v) is 5.71. The lowest BCUT2D eigenvalue weighted by Gasteiger charge is -2.06. The van der Waals surface area contributed by atoms with Crippen LogP contribution in [0.25, 0.3) is 0 Å². The fourth-order valence-electron chi connectivity index (χ4n) is 1.51. The summed E-state index contributed by atoms with van der Waals surface area (Å²) in [5.41, 5.74) is 6.54. The third-order valence-electron chi connectivity index (χ3n) is 2.37. The van der Waals surface area contributed by atoms with Crippen molar-refractivity contribution in [1.82, 2.24) is 0 Å². The van der Waals surface area contributed by atoms with Crippen LogP contribution in [0.15, 0.2) is 34.1 Å². The van der Waals surface area contributed by atoms with Crippen LogP contribution in [0.4, 0.5) is 5.69 Å². The smallest absolute Gasteiger partial charge is 0.338 e. The van der Waals surface area contributed by atoms with Crippen LogP contribution in [0, 0.1) is 0 Å². The molecule has 1 aromatic carbocycles. The molecule has 0 unspecified atom stereocenters. The molecule has 2 N–H and O–H groups in total. The lowest BCUT2D eigenvalue weighted by atomic mass is 10.2. The molecule has 0 amide bonds. The van der Waals surface area contributed by atoms with E-state index >= 15 is 0 Å². The minimum atomic E-state index is -0.421. The Morgan fingerprint density at radius 2 is 2.16 bits per heavy atom. The number of thiophene rings is 1. The van der Waals surface area contributed by atoms with Gasteiger partial charge in [0.2, 0.25) is 0 Å². The summed E-state index contributed by atoms with van der Waals surface area (Å²) in [5, 5.41) is 1.94. The average molecular weight is 342 g/mol. The molecular weight excluding hydrogens is 330 g/mol. The molecule has 0 atom stereocenters. The Balaban J connectivity index is 2.05. The number of hydrogen-bond acceptors (Lipinski definition) is 5. The van der Waals surface area contributed by atoms with Gasteiger partial charge in [0.1, 0.15) is 12.4 Å². The summed E-state index contributed by atoms with van der Waals surface area (Å²) in [6.45, 7) is 0.242. The van der Waals surface area contributed by atoms with E-state index in [1.807, 2.05) is 11.4 Å². The normalized spacial score (nSPS) is 10.2. The molecule has 2 rings (SSSR count). The van der Waals surface area contributed by atoms with Gasteiger partial charge in [0, 0.05) is 26.5 Å². The molecule has 0 saturated carbocycles. The van der Waals surface area contributed by atoms with Crippen LogP contribution in [-0.2, 0) is 11.3 Å². The zero-order valence-electron chi connectivity index (χ0n) is 10.2. The quantitative estimate of drug-likeness (QED) is 0.683. The van der Waals surface area contributed by atoms with Crippen molar-refractivity contribution in [1.29, 1.82) is 0 Å². The lowest BCUT2D eigenvalue weighted by Crippen LogP contribution is -2.05. The third-order valence-corrected chi connectivity index (χ3v) is 4.04. The lowest BCUT2D eigenvalue weighted by molar-refractivity contribution is 0.0476. The number of nitrogen functional groups attached to an aromatic ring is 1. The zero-order chi connectivity index (χ0) is 13.8. The highest BCUT2D eigenvalue weighted by molar-refractivity contribution is 9.10. The number of carbonyl (C=O) groups is 1. The number of nitrogens with two attached hydrogens (primary N) is 1. The second kappa shape index (κ2) is 6.08. The molecule has 1 heterocycles. The Morgan fingerprint density at radius 1 is 1.37 bits per heavy atom. The number of hydrogen-bond donors (Lipinski definition) is 1. The number of anilines is 1. The Kier molecular flexibility index (Phi) is 4.44. The molecule has 0 bridgehead atoms. The first kappa shape index (κ1) is 13.9. The summed E-state index contributed by atoms with van der Waals surface area (Å²) in [6.07, 6.45) is 0. The van der Waals surface area contributed by atoms with E-state index in [1.165, 1.54) is 18.4 Å². The summed E-state index contributed by atoms with van der Waals surface area (Å²) in [7, 11) is 1.52. The van der Waals surface area contributed by atoms with E-state index in [0.717, 1.165) is 9.35 Å². The van der Waals surface area contributed by atoms with Gasteiger partial charge in [0.25, 0.3) is 0 Å². The predicted molar refractivity (Wildman–Crippen MR) is 78.5 cm³/mol. The van der Waals surface area contributed by atoms with E-state index < -0.39 is 5.97 Å². The van der Waals surface area contributed by atoms with E-state index in [-0.39, 0.29) is 6.61 Å². The number of ether oxygens (including phenoxy) is 2. The van der Waals surface area contributed by atoms with Crippen molar-refractivity contribution in [2.24, 2.45) is 0 Å². The van der Waals surface area contributed by atoms with Gasteiger partial charge in [-0.15, -0.1) is 11.3 Å². The Labute approximate surface area is 123 Å². The number of carbonyl (C=O) groups excluding carboxylic acids is 1. The van der Waals surface area contributed by atoms with Crippen LogP contribution in [0.3, 0.4) is 0 Å². The van der Waals surface area contributed by atoms with Crippen LogP contribution in [0.5, 0.6) is 5.75 Å². The van der Waals surface area contributed by atoms with Crippen molar-refractivity contribution in [3.05, 3.63) is 44.6 Å². The number of methoxy groups -OCH3 is 1. The maximum absolute atomic E-state index is 11.9. The van der Waals surface area contributed by atoms with Gasteiger partial charge in [-0.1, -0.05) is 0 Å². The van der Waals surface area contributed by atoms with E-state index in [0.29, 0.717) is 17.0 Å². The van der Waals surface area contributed by atoms with Crippen LogP contribution >= 0.6 is 27.3 Å². The first-order valence-electron chi connectivity index (χ1n) is 5.43. The summed E-state index contributed by atoms with van der Waals surface area (Å²) in [5.74, 6) is 0.112. The van der Waals surface area contributed by atoms with Crippen molar-refractivity contribution in [2.75, 3.05) is 12.8 Å². The molecule has 4 nitrogen and oxygen atoms in total. The van der Waals surface area contributed by atoms with Gasteiger partial charge >= 0.3 is 5.97 Å². The summed E-state index contributed by atoms with van der Waals surface area (Å²) < 4.78 is 11.3. The Hall–Kier alpha value is -1.53. The van der Waals surface area contributed by atoms with Crippen molar-refractivity contribution in [3.8, 4) is 5.75 Å². The first-order chi connectivity index (χ1) is 9.08. The highest BCUT2D eigenvalue weighted by Gasteiger charge is 2.10. The second-order valence-electron chi connectivity index (χ2n) is 3.80. The SMILES string of the molecule is COc1cc(N)cc(C(=O)OCc2cc(Br)cs2)c1. The number of esters is 1. The maximum Gasteiger partial charge on any atom is 0.338 e. The van der Waals surface area contributed by atoms with Crippen molar-refractivity contribution >= 4 is 38.9 Å². The molecule has 0 radical (unpaired) electrons. The van der Waals surface area contributed by atoms with Crippen LogP contribution < -0.4 is 10.5 Å². The molecule has 0 spiro atoms. The maximum atomic E-state index is 11.9. The number of halogens is 1. The molecule has 0 aliphatic heterocycles. The average Bonchev–Trinajstić information content (AvgIpc) is 2.81. The summed E-state index contributed by atoms with van der Waals surface area (Å²) in [6, 6.07) is 6.73. The minimum Gasteiger partial charge on any atom is -0.497 e. The van der Waals surface area contributed by atoms with Crippen molar-refractivity contribution in [2.45, 2.75) is 6.61 Å². The largest absolute Gasteiger partial charge is 0.497 e. The van der Waals surface area contributed by atoms with E-state index in [4.69, 9.17) is 15.2 Å². The van der Waals surface area contributed by atoms with Gasteiger partial charge in [-0.3, -0.25) is 0 Å². The highest BCUT2D eigenvalue weighted by atomic mass is 79.9. The summed E-state index contributed by atoms with van der Waals surface area (Å²) >= 11 is 4.87. The zero-order valence-corrected chi connectivity index (χ0v) is 12.6. The molecule has 2 aromatic rings. The van der Waals surface area contributed by atoms with Crippen LogP contribution in [-0.4, -0.2) is 13.1 Å². The topological polar surface area (TPSA) is 61.5 Å². The molecular formula is C13H12BrNO3S. The highest BCUT2D eigenvalue weighted by Crippen LogP contribution is 2.22. The molecule has 0 aliphatic carbocycles. The minimum absolute atomic E-state index is 0.242. The van der Waals surface area contributed by atoms with Crippen LogP contribution in [0.2, 0.25) is 0 Å². The van der Waals surface area contributed by atoms with Gasteiger partial charge in [0.15, 0.2) is 0 Å². The molecule has 6 heteroatoms. The predicted octanol–water partition coefficient (Wildman–Crippen LogP) is 3.46. The third kappa shape index (κ3) is 3.71. The van der Waals surface area contributed by atoms with Gasteiger partial charge in [-0.2, -0.15) is 0 Å². The molecule has 100 valence electrons. The van der Waals surface area contributed by atoms with Crippen molar-refractivity contribution < 1.29 is 14.3 Å². The van der Waals surface area contributed by atoms with Crippen LogP contribution in [0.1, 0.15) is 15.2 Å². The number of benzene rings is 1. The van der Waals surface area contributed by atoms with Gasteiger partial charge < -0.3 is 15.2 Å². The van der Waals surface area contributed by atoms with E-state index in [2.05, 4.69) is 15.9 Å². The molecule has 1 aromatic heterocycles. The van der Waals surface area contributed by atoms with E-state index in [9.17, 15) is 4.79 Å². The Morgan fingerprint density at radius 3 is 2.79 bits per heavy atom. The fourth-order valence-corrected chi connectivity index (χ4v) is 2.87. The molecule has 0 saturated heterocycles. The fraction of sp³-hybridized carbons (Fsp3) is 0.154. The van der Waals surface area contributed by atoms with E-state index in [1.54, 1.807) is 18.2 Å². The molecule has 19 heavy (non-hydrogen) atoms. The monoisotopic (exact) mass is 341 g/mol. The number of rotatable bonds is 4. The van der Waals surface area contributed by atoms with Crippen molar-refractivity contribution in [3.63, 3.8) is 0 Å².